The molecule has 0 aliphatic heterocycles. The zero-order valence-corrected chi connectivity index (χ0v) is 14.6. The number of hydrogen-bond acceptors (Lipinski definition) is 2. The summed E-state index contributed by atoms with van der Waals surface area (Å²) >= 11 is 0. The van der Waals surface area contributed by atoms with Gasteiger partial charge < -0.3 is 4.74 Å². The normalized spacial score (nSPS) is 31.7. The van der Waals surface area contributed by atoms with Crippen LogP contribution < -0.4 is 0 Å². The zero-order valence-electron chi connectivity index (χ0n) is 14.6. The van der Waals surface area contributed by atoms with Crippen molar-refractivity contribution >= 4 is 5.97 Å². The highest BCUT2D eigenvalue weighted by Gasteiger charge is 2.43. The number of ether oxygens (including phenoxy) is 1. The lowest BCUT2D eigenvalue weighted by Crippen LogP contribution is -2.38. The summed E-state index contributed by atoms with van der Waals surface area (Å²) in [5.41, 5.74) is 2.97. The quantitative estimate of drug-likeness (QED) is 0.509. The molecule has 0 spiro atoms. The van der Waals surface area contributed by atoms with E-state index in [9.17, 15) is 4.79 Å². The second kappa shape index (κ2) is 7.02. The van der Waals surface area contributed by atoms with Crippen LogP contribution in [0.1, 0.15) is 65.7 Å². The summed E-state index contributed by atoms with van der Waals surface area (Å²) in [4.78, 5) is 11.7. The van der Waals surface area contributed by atoms with Gasteiger partial charge in [0.05, 0.1) is 0 Å². The number of carbonyl (C=O) groups is 1. The van der Waals surface area contributed by atoms with Crippen molar-refractivity contribution in [2.45, 2.75) is 65.7 Å². The maximum Gasteiger partial charge on any atom is 0.306 e. The van der Waals surface area contributed by atoms with Gasteiger partial charge >= 0.3 is 5.97 Å². The van der Waals surface area contributed by atoms with E-state index in [-0.39, 0.29) is 5.97 Å². The lowest BCUT2D eigenvalue weighted by Gasteiger charge is -2.49. The Morgan fingerprint density at radius 2 is 2.14 bits per heavy atom. The third-order valence-electron chi connectivity index (χ3n) is 5.73. The molecule has 2 aliphatic carbocycles. The van der Waals surface area contributed by atoms with Gasteiger partial charge in [0.25, 0.3) is 0 Å². The highest BCUT2D eigenvalue weighted by atomic mass is 16.5. The molecule has 0 amide bonds. The fraction of sp³-hybridized carbons (Fsp3) is 0.750. The highest BCUT2D eigenvalue weighted by Crippen LogP contribution is 2.54. The van der Waals surface area contributed by atoms with Gasteiger partial charge in [-0.05, 0) is 67.3 Å². The number of hydrogen-bond donors (Lipinski definition) is 0. The van der Waals surface area contributed by atoms with Crippen LogP contribution in [0.25, 0.3) is 0 Å². The molecule has 0 aromatic carbocycles. The van der Waals surface area contributed by atoms with Crippen LogP contribution in [0.5, 0.6) is 0 Å². The molecule has 0 aromatic heterocycles. The Balaban J connectivity index is 1.87. The molecule has 3 atom stereocenters. The van der Waals surface area contributed by atoms with Gasteiger partial charge in [0.15, 0.2) is 0 Å². The molecule has 2 aliphatic rings. The summed E-state index contributed by atoms with van der Waals surface area (Å²) in [6, 6.07) is 0. The Morgan fingerprint density at radius 1 is 1.41 bits per heavy atom. The molecule has 2 nitrogen and oxygen atoms in total. The Labute approximate surface area is 136 Å². The van der Waals surface area contributed by atoms with Gasteiger partial charge in [-0.3, -0.25) is 4.79 Å². The third kappa shape index (κ3) is 4.02. The molecule has 2 heteroatoms. The maximum atomic E-state index is 11.7. The van der Waals surface area contributed by atoms with Crippen LogP contribution in [-0.4, -0.2) is 12.6 Å². The van der Waals surface area contributed by atoms with E-state index in [0.717, 1.165) is 12.0 Å². The minimum Gasteiger partial charge on any atom is -0.461 e. The lowest BCUT2D eigenvalue weighted by atomic mass is 9.56. The van der Waals surface area contributed by atoms with Crippen molar-refractivity contribution in [3.8, 4) is 0 Å². The summed E-state index contributed by atoms with van der Waals surface area (Å²) in [6.45, 7) is 15.4. The number of fused-ring (bicyclic) bond motifs is 1. The van der Waals surface area contributed by atoms with Crippen LogP contribution in [0.3, 0.4) is 0 Å². The van der Waals surface area contributed by atoms with Crippen molar-refractivity contribution in [3.63, 3.8) is 0 Å². The number of esters is 1. The van der Waals surface area contributed by atoms with Gasteiger partial charge in [-0.2, -0.15) is 0 Å². The molecular weight excluding hydrogens is 272 g/mol. The average Bonchev–Trinajstić information content (AvgIpc) is 2.43. The van der Waals surface area contributed by atoms with E-state index in [4.69, 9.17) is 4.74 Å². The van der Waals surface area contributed by atoms with Crippen molar-refractivity contribution in [2.75, 3.05) is 6.61 Å². The molecule has 2 saturated carbocycles. The SMILES string of the molecule is C=C(COC(=O)CC(C)C)[C@@H]1CC[C@@]2(C)CCCC(=C)[C@@H]2C1. The average molecular weight is 304 g/mol. The summed E-state index contributed by atoms with van der Waals surface area (Å²) in [7, 11) is 0. The van der Waals surface area contributed by atoms with Gasteiger partial charge in [0.2, 0.25) is 0 Å². The molecule has 0 unspecified atom stereocenters. The van der Waals surface area contributed by atoms with Crippen LogP contribution in [-0.2, 0) is 9.53 Å². The minimum atomic E-state index is -0.0983. The van der Waals surface area contributed by atoms with Crippen LogP contribution >= 0.6 is 0 Å². The predicted octanol–water partition coefficient (Wildman–Crippen LogP) is 5.29. The van der Waals surface area contributed by atoms with Gasteiger partial charge in [0.1, 0.15) is 6.61 Å². The van der Waals surface area contributed by atoms with Crippen LogP contribution in [0.2, 0.25) is 0 Å². The second-order valence-corrected chi connectivity index (χ2v) is 8.11. The molecule has 2 rings (SSSR count). The van der Waals surface area contributed by atoms with Crippen molar-refractivity contribution in [2.24, 2.45) is 23.2 Å². The number of rotatable bonds is 5. The third-order valence-corrected chi connectivity index (χ3v) is 5.73. The van der Waals surface area contributed by atoms with Crippen LogP contribution in [0, 0.1) is 23.2 Å². The molecule has 0 aromatic rings. The Bertz CT molecular complexity index is 449. The monoisotopic (exact) mass is 304 g/mol. The van der Waals surface area contributed by atoms with Gasteiger partial charge in [-0.25, -0.2) is 0 Å². The summed E-state index contributed by atoms with van der Waals surface area (Å²) in [6.07, 6.45) is 7.89. The molecule has 124 valence electrons. The Kier molecular flexibility index (Phi) is 5.52. The number of carbonyl (C=O) groups excluding carboxylic acids is 1. The van der Waals surface area contributed by atoms with E-state index in [1.165, 1.54) is 37.7 Å². The molecule has 0 saturated heterocycles. The van der Waals surface area contributed by atoms with Crippen molar-refractivity contribution < 1.29 is 9.53 Å². The van der Waals surface area contributed by atoms with Gasteiger partial charge in [-0.1, -0.05) is 39.5 Å². The first kappa shape index (κ1) is 17.3. The van der Waals surface area contributed by atoms with E-state index in [1.807, 2.05) is 13.8 Å². The first-order valence-corrected chi connectivity index (χ1v) is 8.83. The molecule has 0 heterocycles. The van der Waals surface area contributed by atoms with Crippen LogP contribution in [0.15, 0.2) is 24.3 Å². The van der Waals surface area contributed by atoms with E-state index in [1.54, 1.807) is 0 Å². The number of allylic oxidation sites excluding steroid dienone is 1. The van der Waals surface area contributed by atoms with Gasteiger partial charge in [-0.15, -0.1) is 0 Å². The topological polar surface area (TPSA) is 26.3 Å². The van der Waals surface area contributed by atoms with Crippen molar-refractivity contribution in [1.29, 1.82) is 0 Å². The lowest BCUT2D eigenvalue weighted by molar-refractivity contribution is -0.143. The van der Waals surface area contributed by atoms with Gasteiger partial charge in [0, 0.05) is 6.42 Å². The maximum absolute atomic E-state index is 11.7. The van der Waals surface area contributed by atoms with Crippen molar-refractivity contribution in [1.82, 2.24) is 0 Å². The van der Waals surface area contributed by atoms with E-state index in [2.05, 4.69) is 20.1 Å². The van der Waals surface area contributed by atoms with E-state index < -0.39 is 0 Å². The largest absolute Gasteiger partial charge is 0.461 e. The first-order chi connectivity index (χ1) is 10.3. The standard InChI is InChI=1S/C20H32O2/c1-14(2)11-19(21)22-13-16(4)17-8-10-20(5)9-6-7-15(3)18(20)12-17/h14,17-18H,3-4,6-13H2,1-2,5H3/t17-,18+,20-/m1/s1. The fourth-order valence-corrected chi connectivity index (χ4v) is 4.27. The predicted molar refractivity (Wildman–Crippen MR) is 91.5 cm³/mol. The molecule has 22 heavy (non-hydrogen) atoms. The molecule has 0 radical (unpaired) electrons. The first-order valence-electron chi connectivity index (χ1n) is 8.83. The van der Waals surface area contributed by atoms with Crippen molar-refractivity contribution in [3.05, 3.63) is 24.3 Å². The summed E-state index contributed by atoms with van der Waals surface area (Å²) < 4.78 is 5.39. The zero-order chi connectivity index (χ0) is 16.3. The minimum absolute atomic E-state index is 0.0983. The van der Waals surface area contributed by atoms with E-state index in [0.29, 0.717) is 36.2 Å². The molecular formula is C20H32O2. The van der Waals surface area contributed by atoms with E-state index >= 15 is 0 Å². The molecule has 0 bridgehead atoms. The molecule has 2 fully saturated rings. The van der Waals surface area contributed by atoms with Crippen LogP contribution in [0.4, 0.5) is 0 Å². The summed E-state index contributed by atoms with van der Waals surface area (Å²) in [5.74, 6) is 1.36. The fourth-order valence-electron chi connectivity index (χ4n) is 4.27. The Hall–Kier alpha value is -1.05. The smallest absolute Gasteiger partial charge is 0.306 e. The molecule has 0 N–H and O–H groups in total. The summed E-state index contributed by atoms with van der Waals surface area (Å²) in [5, 5.41) is 0. The highest BCUT2D eigenvalue weighted by molar-refractivity contribution is 5.69. The Morgan fingerprint density at radius 3 is 2.82 bits per heavy atom. The second-order valence-electron chi connectivity index (χ2n) is 8.11.